The molecule has 212 valence electrons. The van der Waals surface area contributed by atoms with Gasteiger partial charge in [0.1, 0.15) is 11.8 Å². The summed E-state index contributed by atoms with van der Waals surface area (Å²) < 4.78 is 32.5. The largest absolute Gasteiger partial charge is 0.496 e. The van der Waals surface area contributed by atoms with Gasteiger partial charge in [0.2, 0.25) is 21.8 Å². The molecule has 0 saturated carbocycles. The molecule has 1 aliphatic rings. The first-order chi connectivity index (χ1) is 19.3. The van der Waals surface area contributed by atoms with E-state index in [2.05, 4.69) is 5.32 Å². The van der Waals surface area contributed by atoms with Crippen LogP contribution in [0, 0.1) is 0 Å². The summed E-state index contributed by atoms with van der Waals surface area (Å²) in [5.41, 5.74) is 2.64. The lowest BCUT2D eigenvalue weighted by atomic mass is 10.1. The highest BCUT2D eigenvalue weighted by molar-refractivity contribution is 7.89. The molecule has 1 heterocycles. The van der Waals surface area contributed by atoms with Crippen LogP contribution in [0.4, 0.5) is 0 Å². The van der Waals surface area contributed by atoms with Crippen molar-refractivity contribution in [2.24, 2.45) is 0 Å². The van der Waals surface area contributed by atoms with E-state index in [-0.39, 0.29) is 29.7 Å². The Morgan fingerprint density at radius 3 is 2.25 bits per heavy atom. The van der Waals surface area contributed by atoms with Gasteiger partial charge in [-0.1, -0.05) is 60.7 Å². The third kappa shape index (κ3) is 7.28. The van der Waals surface area contributed by atoms with Crippen molar-refractivity contribution in [3.8, 4) is 5.75 Å². The third-order valence-electron chi connectivity index (χ3n) is 7.26. The summed E-state index contributed by atoms with van der Waals surface area (Å²) in [6.07, 6.45) is 2.39. The first-order valence-electron chi connectivity index (χ1n) is 13.6. The molecule has 3 aromatic rings. The number of benzene rings is 3. The Bertz CT molecular complexity index is 1390. The van der Waals surface area contributed by atoms with Gasteiger partial charge in [-0.2, -0.15) is 4.31 Å². The molecule has 9 heteroatoms. The maximum atomic E-state index is 13.5. The highest BCUT2D eigenvalue weighted by atomic mass is 32.2. The summed E-state index contributed by atoms with van der Waals surface area (Å²) in [6.45, 7) is 3.43. The Morgan fingerprint density at radius 2 is 1.57 bits per heavy atom. The van der Waals surface area contributed by atoms with Crippen LogP contribution >= 0.6 is 0 Å². The minimum Gasteiger partial charge on any atom is -0.496 e. The average molecular weight is 564 g/mol. The van der Waals surface area contributed by atoms with Crippen LogP contribution in [0.25, 0.3) is 0 Å². The standard InChI is InChI=1S/C31H37N3O5S/c1-24(31(36)32-22-27-12-6-7-13-29(27)39-2)34(23-26-10-4-3-5-11-26)30(35)19-16-25-14-17-28(18-15-25)40(37,38)33-20-8-9-21-33/h3-7,10-15,17-18,24H,8-9,16,19-23H2,1-2H3,(H,32,36). The van der Waals surface area contributed by atoms with Gasteiger partial charge in [0, 0.05) is 38.2 Å². The zero-order valence-electron chi connectivity index (χ0n) is 23.1. The average Bonchev–Trinajstić information content (AvgIpc) is 3.54. The summed E-state index contributed by atoms with van der Waals surface area (Å²) in [7, 11) is -1.89. The SMILES string of the molecule is COc1ccccc1CNC(=O)C(C)N(Cc1ccccc1)C(=O)CCc1ccc(S(=O)(=O)N2CCCC2)cc1. The van der Waals surface area contributed by atoms with Gasteiger partial charge in [-0.05, 0) is 55.5 Å². The predicted octanol–water partition coefficient (Wildman–Crippen LogP) is 4.15. The Kier molecular flexibility index (Phi) is 9.95. The number of nitrogens with one attached hydrogen (secondary N) is 1. The van der Waals surface area contributed by atoms with Crippen molar-refractivity contribution in [1.29, 1.82) is 0 Å². The minimum atomic E-state index is -3.48. The maximum Gasteiger partial charge on any atom is 0.243 e. The fourth-order valence-electron chi connectivity index (χ4n) is 4.84. The van der Waals surface area contributed by atoms with Gasteiger partial charge in [-0.25, -0.2) is 8.42 Å². The molecular formula is C31H37N3O5S. The summed E-state index contributed by atoms with van der Waals surface area (Å²) in [6, 6.07) is 23.1. The maximum absolute atomic E-state index is 13.5. The van der Waals surface area contributed by atoms with Crippen molar-refractivity contribution in [1.82, 2.24) is 14.5 Å². The third-order valence-corrected chi connectivity index (χ3v) is 9.18. The Balaban J connectivity index is 1.42. The number of amides is 2. The van der Waals surface area contributed by atoms with E-state index < -0.39 is 16.1 Å². The number of carbonyl (C=O) groups excluding carboxylic acids is 2. The van der Waals surface area contributed by atoms with Crippen LogP contribution in [0.1, 0.15) is 42.9 Å². The summed E-state index contributed by atoms with van der Waals surface area (Å²) in [5.74, 6) is 0.274. The number of carbonyl (C=O) groups is 2. The normalized spacial score (nSPS) is 14.4. The Labute approximate surface area is 237 Å². The van der Waals surface area contributed by atoms with E-state index in [1.165, 1.54) is 4.31 Å². The van der Waals surface area contributed by atoms with E-state index in [1.54, 1.807) is 43.2 Å². The van der Waals surface area contributed by atoms with Crippen molar-refractivity contribution in [3.63, 3.8) is 0 Å². The number of methoxy groups -OCH3 is 1. The smallest absolute Gasteiger partial charge is 0.243 e. The number of ether oxygens (including phenoxy) is 1. The van der Waals surface area contributed by atoms with Gasteiger partial charge >= 0.3 is 0 Å². The quantitative estimate of drug-likeness (QED) is 0.357. The molecule has 1 N–H and O–H groups in total. The molecule has 1 atom stereocenters. The van der Waals surface area contributed by atoms with Gasteiger partial charge in [0.15, 0.2) is 0 Å². The molecule has 0 spiro atoms. The zero-order valence-corrected chi connectivity index (χ0v) is 23.9. The molecule has 4 rings (SSSR count). The lowest BCUT2D eigenvalue weighted by Crippen LogP contribution is -2.47. The molecule has 1 saturated heterocycles. The Hall–Kier alpha value is -3.69. The van der Waals surface area contributed by atoms with Gasteiger partial charge in [-0.3, -0.25) is 9.59 Å². The second-order valence-corrected chi connectivity index (χ2v) is 11.9. The molecular weight excluding hydrogens is 526 g/mol. The van der Waals surface area contributed by atoms with Crippen molar-refractivity contribution < 1.29 is 22.7 Å². The number of nitrogens with zero attached hydrogens (tertiary/aromatic N) is 2. The molecule has 3 aromatic carbocycles. The number of para-hydroxylation sites is 1. The van der Waals surface area contributed by atoms with E-state index in [9.17, 15) is 18.0 Å². The van der Waals surface area contributed by atoms with Crippen LogP contribution in [0.2, 0.25) is 0 Å². The highest BCUT2D eigenvalue weighted by Gasteiger charge is 2.28. The zero-order chi connectivity index (χ0) is 28.5. The molecule has 0 aliphatic carbocycles. The molecule has 0 radical (unpaired) electrons. The molecule has 8 nitrogen and oxygen atoms in total. The van der Waals surface area contributed by atoms with E-state index in [4.69, 9.17) is 4.74 Å². The van der Waals surface area contributed by atoms with Gasteiger partial charge in [0.25, 0.3) is 0 Å². The monoisotopic (exact) mass is 563 g/mol. The Morgan fingerprint density at radius 1 is 0.925 bits per heavy atom. The van der Waals surface area contributed by atoms with Crippen LogP contribution < -0.4 is 10.1 Å². The van der Waals surface area contributed by atoms with Crippen molar-refractivity contribution in [2.45, 2.75) is 56.6 Å². The number of hydrogen-bond acceptors (Lipinski definition) is 5. The number of hydrogen-bond donors (Lipinski definition) is 1. The lowest BCUT2D eigenvalue weighted by Gasteiger charge is -2.29. The molecule has 0 aromatic heterocycles. The fraction of sp³-hybridized carbons (Fsp3) is 0.355. The van der Waals surface area contributed by atoms with Crippen LogP contribution in [0.15, 0.2) is 83.8 Å². The van der Waals surface area contributed by atoms with Gasteiger partial charge in [-0.15, -0.1) is 0 Å². The van der Waals surface area contributed by atoms with E-state index >= 15 is 0 Å². The van der Waals surface area contributed by atoms with Crippen molar-refractivity contribution >= 4 is 21.8 Å². The van der Waals surface area contributed by atoms with Crippen molar-refractivity contribution in [2.75, 3.05) is 20.2 Å². The second-order valence-electron chi connectivity index (χ2n) is 9.97. The van der Waals surface area contributed by atoms with Crippen LogP contribution in [0.3, 0.4) is 0 Å². The molecule has 0 bridgehead atoms. The minimum absolute atomic E-state index is 0.155. The number of aryl methyl sites for hydroxylation is 1. The number of rotatable bonds is 12. The van der Waals surface area contributed by atoms with E-state index in [0.717, 1.165) is 29.5 Å². The van der Waals surface area contributed by atoms with E-state index in [0.29, 0.717) is 31.8 Å². The highest BCUT2D eigenvalue weighted by Crippen LogP contribution is 2.22. The molecule has 1 aliphatic heterocycles. The molecule has 1 fully saturated rings. The second kappa shape index (κ2) is 13.6. The van der Waals surface area contributed by atoms with Crippen LogP contribution in [-0.2, 0) is 39.1 Å². The topological polar surface area (TPSA) is 96.0 Å². The van der Waals surface area contributed by atoms with Gasteiger partial charge in [0.05, 0.1) is 12.0 Å². The van der Waals surface area contributed by atoms with Crippen molar-refractivity contribution in [3.05, 3.63) is 95.6 Å². The molecule has 40 heavy (non-hydrogen) atoms. The van der Waals surface area contributed by atoms with Gasteiger partial charge < -0.3 is 15.0 Å². The predicted molar refractivity (Wildman–Crippen MR) is 154 cm³/mol. The summed E-state index contributed by atoms with van der Waals surface area (Å²) in [5, 5.41) is 2.94. The number of sulfonamides is 1. The fourth-order valence-corrected chi connectivity index (χ4v) is 6.36. The first kappa shape index (κ1) is 29.3. The molecule has 2 amide bonds. The summed E-state index contributed by atoms with van der Waals surface area (Å²) in [4.78, 5) is 28.5. The van der Waals surface area contributed by atoms with E-state index in [1.807, 2.05) is 54.6 Å². The lowest BCUT2D eigenvalue weighted by molar-refractivity contribution is -0.140. The first-order valence-corrected chi connectivity index (χ1v) is 15.1. The molecule has 1 unspecified atom stereocenters. The van der Waals surface area contributed by atoms with Crippen LogP contribution in [0.5, 0.6) is 5.75 Å². The van der Waals surface area contributed by atoms with Crippen LogP contribution in [-0.4, -0.2) is 55.7 Å². The summed E-state index contributed by atoms with van der Waals surface area (Å²) >= 11 is 0.